The molecule has 0 aliphatic carbocycles. The summed E-state index contributed by atoms with van der Waals surface area (Å²) in [4.78, 5) is 0. The second-order valence-electron chi connectivity index (χ2n) is 5.17. The molecule has 3 nitrogen and oxygen atoms in total. The number of aryl methyl sites for hydroxylation is 2. The number of aromatic nitrogens is 2. The van der Waals surface area contributed by atoms with Crippen LogP contribution in [-0.2, 0) is 19.9 Å². The van der Waals surface area contributed by atoms with Crippen molar-refractivity contribution in [3.63, 3.8) is 0 Å². The van der Waals surface area contributed by atoms with Gasteiger partial charge in [-0.15, -0.1) is 0 Å². The van der Waals surface area contributed by atoms with E-state index in [4.69, 9.17) is 11.6 Å². The van der Waals surface area contributed by atoms with Gasteiger partial charge in [0.25, 0.3) is 0 Å². The Bertz CT molecular complexity index is 534. The highest BCUT2D eigenvalue weighted by molar-refractivity contribution is 7.07. The Morgan fingerprint density at radius 1 is 1.45 bits per heavy atom. The van der Waals surface area contributed by atoms with E-state index in [1.165, 1.54) is 5.56 Å². The van der Waals surface area contributed by atoms with Crippen LogP contribution in [0.15, 0.2) is 16.8 Å². The third-order valence-electron chi connectivity index (χ3n) is 3.47. The van der Waals surface area contributed by atoms with E-state index in [1.54, 1.807) is 16.0 Å². The average Bonchev–Trinajstić information content (AvgIpc) is 3.00. The third kappa shape index (κ3) is 3.84. The maximum atomic E-state index is 6.35. The van der Waals surface area contributed by atoms with Crippen molar-refractivity contribution in [2.24, 2.45) is 7.05 Å². The van der Waals surface area contributed by atoms with Crippen molar-refractivity contribution in [2.45, 2.75) is 39.2 Å². The van der Waals surface area contributed by atoms with Crippen molar-refractivity contribution in [3.05, 3.63) is 38.8 Å². The number of nitrogens with one attached hydrogen (secondary N) is 1. The normalized spacial score (nSPS) is 12.8. The third-order valence-corrected chi connectivity index (χ3v) is 4.67. The van der Waals surface area contributed by atoms with E-state index >= 15 is 0 Å². The molecule has 0 aromatic carbocycles. The first-order valence-corrected chi connectivity index (χ1v) is 8.36. The fourth-order valence-electron chi connectivity index (χ4n) is 2.41. The smallest absolute Gasteiger partial charge is 0.130 e. The number of thiophene rings is 1. The monoisotopic (exact) mass is 311 g/mol. The molecule has 0 aliphatic heterocycles. The first-order chi connectivity index (χ1) is 9.61. The molecule has 0 saturated heterocycles. The Morgan fingerprint density at radius 2 is 2.25 bits per heavy atom. The summed E-state index contributed by atoms with van der Waals surface area (Å²) in [6, 6.07) is 2.60. The van der Waals surface area contributed by atoms with Crippen LogP contribution in [-0.4, -0.2) is 22.4 Å². The lowest BCUT2D eigenvalue weighted by Gasteiger charge is -2.18. The first-order valence-electron chi connectivity index (χ1n) is 7.04. The number of nitrogens with zero attached hydrogens (tertiary/aromatic N) is 2. The van der Waals surface area contributed by atoms with Gasteiger partial charge in [-0.1, -0.05) is 18.5 Å². The molecular formula is C15H22ClN3S. The summed E-state index contributed by atoms with van der Waals surface area (Å²) in [6.45, 7) is 5.26. The fourth-order valence-corrected chi connectivity index (χ4v) is 3.34. The molecule has 0 radical (unpaired) electrons. The minimum Gasteiger partial charge on any atom is -0.313 e. The highest BCUT2D eigenvalue weighted by atomic mass is 35.5. The first kappa shape index (κ1) is 15.5. The van der Waals surface area contributed by atoms with Crippen molar-refractivity contribution >= 4 is 22.9 Å². The van der Waals surface area contributed by atoms with E-state index in [0.717, 1.165) is 42.2 Å². The van der Waals surface area contributed by atoms with Gasteiger partial charge in [0.1, 0.15) is 5.15 Å². The Kier molecular flexibility index (Phi) is 5.64. The molecule has 110 valence electrons. The largest absolute Gasteiger partial charge is 0.313 e. The number of halogens is 1. The maximum Gasteiger partial charge on any atom is 0.130 e. The van der Waals surface area contributed by atoms with Gasteiger partial charge in [0.05, 0.1) is 5.69 Å². The molecule has 0 amide bonds. The molecule has 0 spiro atoms. The summed E-state index contributed by atoms with van der Waals surface area (Å²) in [5.41, 5.74) is 3.59. The second-order valence-corrected chi connectivity index (χ2v) is 6.31. The van der Waals surface area contributed by atoms with Gasteiger partial charge >= 0.3 is 0 Å². The van der Waals surface area contributed by atoms with E-state index in [9.17, 15) is 0 Å². The summed E-state index contributed by atoms with van der Waals surface area (Å²) in [5.74, 6) is 0. The van der Waals surface area contributed by atoms with Crippen molar-refractivity contribution in [1.82, 2.24) is 15.1 Å². The zero-order valence-electron chi connectivity index (χ0n) is 12.3. The summed E-state index contributed by atoms with van der Waals surface area (Å²) >= 11 is 8.10. The summed E-state index contributed by atoms with van der Waals surface area (Å²) in [7, 11) is 1.90. The van der Waals surface area contributed by atoms with E-state index < -0.39 is 0 Å². The van der Waals surface area contributed by atoms with Gasteiger partial charge in [-0.05, 0) is 55.1 Å². The zero-order chi connectivity index (χ0) is 14.5. The lowest BCUT2D eigenvalue weighted by Crippen LogP contribution is -2.33. The Labute approximate surface area is 130 Å². The molecule has 5 heteroatoms. The molecule has 0 saturated carbocycles. The molecule has 2 aromatic heterocycles. The van der Waals surface area contributed by atoms with Gasteiger partial charge in [0, 0.05) is 18.7 Å². The quantitative estimate of drug-likeness (QED) is 0.846. The van der Waals surface area contributed by atoms with Crippen LogP contribution in [0.25, 0.3) is 0 Å². The Morgan fingerprint density at radius 3 is 2.80 bits per heavy atom. The highest BCUT2D eigenvalue weighted by Gasteiger charge is 2.17. The van der Waals surface area contributed by atoms with E-state index in [0.29, 0.717) is 6.04 Å². The number of hydrogen-bond donors (Lipinski definition) is 1. The molecular weight excluding hydrogens is 290 g/mol. The van der Waals surface area contributed by atoms with E-state index in [-0.39, 0.29) is 0 Å². The van der Waals surface area contributed by atoms with Gasteiger partial charge in [0.15, 0.2) is 0 Å². The van der Waals surface area contributed by atoms with Crippen molar-refractivity contribution in [3.8, 4) is 0 Å². The van der Waals surface area contributed by atoms with Gasteiger partial charge in [-0.2, -0.15) is 16.4 Å². The molecule has 0 fully saturated rings. The van der Waals surface area contributed by atoms with Crippen LogP contribution < -0.4 is 5.32 Å². The molecule has 2 rings (SSSR count). The van der Waals surface area contributed by atoms with Crippen molar-refractivity contribution < 1.29 is 0 Å². The van der Waals surface area contributed by atoms with Gasteiger partial charge < -0.3 is 5.32 Å². The molecule has 0 aliphatic rings. The van der Waals surface area contributed by atoms with Crippen molar-refractivity contribution in [2.75, 3.05) is 6.54 Å². The van der Waals surface area contributed by atoms with Crippen LogP contribution in [0, 0.1) is 6.92 Å². The minimum absolute atomic E-state index is 0.407. The van der Waals surface area contributed by atoms with Gasteiger partial charge in [0.2, 0.25) is 0 Å². The van der Waals surface area contributed by atoms with Gasteiger partial charge in [-0.25, -0.2) is 0 Å². The minimum atomic E-state index is 0.407. The molecule has 0 bridgehead atoms. The topological polar surface area (TPSA) is 29.9 Å². The standard InChI is InChI=1S/C15H22ClN3S/c1-4-6-17-13(8-12-5-7-20-10-12)9-14-11(2)18-19(3)15(14)16/h5,7,10,13,17H,4,6,8-9H2,1-3H3. The molecule has 1 N–H and O–H groups in total. The van der Waals surface area contributed by atoms with Crippen LogP contribution in [0.4, 0.5) is 0 Å². The summed E-state index contributed by atoms with van der Waals surface area (Å²) in [5, 5.41) is 13.1. The predicted octanol–water partition coefficient (Wildman–Crippen LogP) is 3.60. The fraction of sp³-hybridized carbons (Fsp3) is 0.533. The molecule has 2 aromatic rings. The second kappa shape index (κ2) is 7.25. The van der Waals surface area contributed by atoms with Crippen LogP contribution in [0.3, 0.4) is 0 Å². The van der Waals surface area contributed by atoms with Crippen molar-refractivity contribution in [1.29, 1.82) is 0 Å². The lowest BCUT2D eigenvalue weighted by molar-refractivity contribution is 0.504. The number of rotatable bonds is 7. The summed E-state index contributed by atoms with van der Waals surface area (Å²) < 4.78 is 1.76. The van der Waals surface area contributed by atoms with Crippen LogP contribution in [0.1, 0.15) is 30.2 Å². The average molecular weight is 312 g/mol. The zero-order valence-corrected chi connectivity index (χ0v) is 13.9. The lowest BCUT2D eigenvalue weighted by atomic mass is 10.0. The Hall–Kier alpha value is -0.840. The molecule has 20 heavy (non-hydrogen) atoms. The SMILES string of the molecule is CCCNC(Cc1ccsc1)Cc1c(C)nn(C)c1Cl. The van der Waals surface area contributed by atoms with Gasteiger partial charge in [-0.3, -0.25) is 4.68 Å². The predicted molar refractivity (Wildman–Crippen MR) is 86.8 cm³/mol. The molecule has 2 heterocycles. The maximum absolute atomic E-state index is 6.35. The number of hydrogen-bond acceptors (Lipinski definition) is 3. The Balaban J connectivity index is 2.10. The van der Waals surface area contributed by atoms with E-state index in [1.807, 2.05) is 14.0 Å². The molecule has 1 unspecified atom stereocenters. The summed E-state index contributed by atoms with van der Waals surface area (Å²) in [6.07, 6.45) is 3.10. The molecule has 1 atom stereocenters. The van der Waals surface area contributed by atoms with Crippen LogP contribution in [0.2, 0.25) is 5.15 Å². The highest BCUT2D eigenvalue weighted by Crippen LogP contribution is 2.21. The van der Waals surface area contributed by atoms with E-state index in [2.05, 4.69) is 34.2 Å². The van der Waals surface area contributed by atoms with Crippen LogP contribution in [0.5, 0.6) is 0 Å². The van der Waals surface area contributed by atoms with Crippen LogP contribution >= 0.6 is 22.9 Å².